The Morgan fingerprint density at radius 1 is 0.394 bits per heavy atom. The molecule has 1 nitrogen and oxygen atoms in total. The molecule has 0 bridgehead atoms. The number of hydrogen-bond donors (Lipinski definition) is 1. The number of rotatable bonds is 4. The van der Waals surface area contributed by atoms with Gasteiger partial charge in [0, 0.05) is 16.9 Å². The highest BCUT2D eigenvalue weighted by Crippen LogP contribution is 2.38. The van der Waals surface area contributed by atoms with Crippen molar-refractivity contribution in [1.29, 1.82) is 0 Å². The van der Waals surface area contributed by atoms with E-state index in [2.05, 4.69) is 133 Å². The van der Waals surface area contributed by atoms with Crippen molar-refractivity contribution in [2.45, 2.75) is 0 Å². The van der Waals surface area contributed by atoms with E-state index in [0.717, 1.165) is 11.4 Å². The zero-order valence-corrected chi connectivity index (χ0v) is 18.2. The molecule has 0 saturated heterocycles. The van der Waals surface area contributed by atoms with Crippen molar-refractivity contribution in [3.8, 4) is 22.3 Å². The number of benzene rings is 6. The Balaban J connectivity index is 1.43. The van der Waals surface area contributed by atoms with Gasteiger partial charge in [0.2, 0.25) is 0 Å². The summed E-state index contributed by atoms with van der Waals surface area (Å²) in [5.74, 6) is 0. The first-order valence-electron chi connectivity index (χ1n) is 11.3. The molecule has 0 heterocycles. The van der Waals surface area contributed by atoms with E-state index in [1.165, 1.54) is 43.8 Å². The third-order valence-electron chi connectivity index (χ3n) is 6.26. The Bertz CT molecular complexity index is 1560. The van der Waals surface area contributed by atoms with Crippen molar-refractivity contribution >= 4 is 32.9 Å². The lowest BCUT2D eigenvalue weighted by Gasteiger charge is -2.16. The number of para-hydroxylation sites is 1. The standard InChI is InChI=1S/C32H23N/c1-2-10-23(11-3-1)24-18-20-26(21-19-24)33-32-17-9-8-16-30(32)31-22-25-12-4-5-13-27(25)28-14-6-7-15-29(28)31/h1-22,33H. The van der Waals surface area contributed by atoms with E-state index in [0.29, 0.717) is 0 Å². The molecule has 6 aromatic rings. The van der Waals surface area contributed by atoms with Crippen LogP contribution in [0.15, 0.2) is 133 Å². The van der Waals surface area contributed by atoms with Crippen LogP contribution in [-0.2, 0) is 0 Å². The van der Waals surface area contributed by atoms with E-state index < -0.39 is 0 Å². The molecule has 0 unspecified atom stereocenters. The zero-order chi connectivity index (χ0) is 22.0. The summed E-state index contributed by atoms with van der Waals surface area (Å²) in [7, 11) is 0. The molecule has 0 atom stereocenters. The fraction of sp³-hybridized carbons (Fsp3) is 0. The first-order valence-corrected chi connectivity index (χ1v) is 11.3. The maximum Gasteiger partial charge on any atom is 0.0464 e. The second-order valence-corrected chi connectivity index (χ2v) is 8.30. The molecule has 1 N–H and O–H groups in total. The van der Waals surface area contributed by atoms with Crippen molar-refractivity contribution in [2.75, 3.05) is 5.32 Å². The first kappa shape index (κ1) is 19.3. The Kier molecular flexibility index (Phi) is 4.86. The highest BCUT2D eigenvalue weighted by molar-refractivity contribution is 6.14. The average Bonchev–Trinajstić information content (AvgIpc) is 2.90. The third kappa shape index (κ3) is 3.64. The fourth-order valence-electron chi connectivity index (χ4n) is 4.64. The van der Waals surface area contributed by atoms with Crippen molar-refractivity contribution in [1.82, 2.24) is 0 Å². The van der Waals surface area contributed by atoms with Gasteiger partial charge < -0.3 is 5.32 Å². The smallest absolute Gasteiger partial charge is 0.0464 e. The Morgan fingerprint density at radius 2 is 1.00 bits per heavy atom. The molecule has 156 valence electrons. The molecule has 6 aromatic carbocycles. The number of nitrogens with one attached hydrogen (secondary N) is 1. The highest BCUT2D eigenvalue weighted by Gasteiger charge is 2.11. The van der Waals surface area contributed by atoms with E-state index in [9.17, 15) is 0 Å². The van der Waals surface area contributed by atoms with Crippen molar-refractivity contribution in [3.05, 3.63) is 133 Å². The minimum absolute atomic E-state index is 1.08. The average molecular weight is 422 g/mol. The monoisotopic (exact) mass is 421 g/mol. The fourth-order valence-corrected chi connectivity index (χ4v) is 4.64. The summed E-state index contributed by atoms with van der Waals surface area (Å²) in [6.45, 7) is 0. The molecule has 33 heavy (non-hydrogen) atoms. The van der Waals surface area contributed by atoms with E-state index in [-0.39, 0.29) is 0 Å². The van der Waals surface area contributed by atoms with Crippen LogP contribution in [0.1, 0.15) is 0 Å². The van der Waals surface area contributed by atoms with Gasteiger partial charge >= 0.3 is 0 Å². The van der Waals surface area contributed by atoms with Crippen LogP contribution in [0, 0.1) is 0 Å². The predicted molar refractivity (Wildman–Crippen MR) is 142 cm³/mol. The summed E-state index contributed by atoms with van der Waals surface area (Å²) in [4.78, 5) is 0. The van der Waals surface area contributed by atoms with Gasteiger partial charge in [-0.1, -0.05) is 109 Å². The molecule has 0 spiro atoms. The van der Waals surface area contributed by atoms with Crippen molar-refractivity contribution < 1.29 is 0 Å². The van der Waals surface area contributed by atoms with Gasteiger partial charge in [-0.2, -0.15) is 0 Å². The van der Waals surface area contributed by atoms with Gasteiger partial charge in [-0.15, -0.1) is 0 Å². The topological polar surface area (TPSA) is 12.0 Å². The summed E-state index contributed by atoms with van der Waals surface area (Å²) in [6.07, 6.45) is 0. The minimum Gasteiger partial charge on any atom is -0.355 e. The van der Waals surface area contributed by atoms with Crippen LogP contribution in [0.25, 0.3) is 43.8 Å². The molecule has 0 aliphatic rings. The van der Waals surface area contributed by atoms with Gasteiger partial charge in [0.05, 0.1) is 0 Å². The quantitative estimate of drug-likeness (QED) is 0.280. The molecule has 0 fully saturated rings. The van der Waals surface area contributed by atoms with Crippen molar-refractivity contribution in [2.24, 2.45) is 0 Å². The second-order valence-electron chi connectivity index (χ2n) is 8.30. The largest absolute Gasteiger partial charge is 0.355 e. The lowest BCUT2D eigenvalue weighted by atomic mass is 9.92. The number of fused-ring (bicyclic) bond motifs is 3. The van der Waals surface area contributed by atoms with E-state index >= 15 is 0 Å². The van der Waals surface area contributed by atoms with Crippen molar-refractivity contribution in [3.63, 3.8) is 0 Å². The number of hydrogen-bond acceptors (Lipinski definition) is 1. The SMILES string of the molecule is c1ccc(-c2ccc(Nc3ccccc3-c3cc4ccccc4c4ccccc34)cc2)cc1. The number of anilines is 2. The second kappa shape index (κ2) is 8.29. The van der Waals surface area contributed by atoms with Crippen LogP contribution in [0.5, 0.6) is 0 Å². The summed E-state index contributed by atoms with van der Waals surface area (Å²) in [6, 6.07) is 47.3. The van der Waals surface area contributed by atoms with Crippen LogP contribution in [0.4, 0.5) is 11.4 Å². The van der Waals surface area contributed by atoms with E-state index in [1.807, 2.05) is 6.07 Å². The zero-order valence-electron chi connectivity index (χ0n) is 18.2. The molecular weight excluding hydrogens is 398 g/mol. The maximum atomic E-state index is 3.66. The van der Waals surface area contributed by atoms with E-state index in [4.69, 9.17) is 0 Å². The molecule has 1 heteroatoms. The van der Waals surface area contributed by atoms with Gasteiger partial charge in [0.15, 0.2) is 0 Å². The Hall–Kier alpha value is -4.36. The van der Waals surface area contributed by atoms with Crippen LogP contribution in [0.2, 0.25) is 0 Å². The lowest BCUT2D eigenvalue weighted by Crippen LogP contribution is -1.94. The molecule has 0 amide bonds. The van der Waals surface area contributed by atoms with Crippen LogP contribution < -0.4 is 5.32 Å². The molecule has 0 aliphatic carbocycles. The maximum absolute atomic E-state index is 3.66. The first-order chi connectivity index (χ1) is 16.4. The third-order valence-corrected chi connectivity index (χ3v) is 6.26. The van der Waals surface area contributed by atoms with Gasteiger partial charge in [0.1, 0.15) is 0 Å². The van der Waals surface area contributed by atoms with Crippen LogP contribution >= 0.6 is 0 Å². The Labute approximate surface area is 194 Å². The minimum atomic E-state index is 1.08. The lowest BCUT2D eigenvalue weighted by molar-refractivity contribution is 1.53. The molecule has 0 saturated carbocycles. The molecule has 0 aromatic heterocycles. The molecule has 6 rings (SSSR count). The highest BCUT2D eigenvalue weighted by atomic mass is 14.9. The normalized spacial score (nSPS) is 11.0. The molecular formula is C32H23N. The van der Waals surface area contributed by atoms with E-state index in [1.54, 1.807) is 0 Å². The summed E-state index contributed by atoms with van der Waals surface area (Å²) in [5.41, 5.74) is 7.07. The molecule has 0 aliphatic heterocycles. The van der Waals surface area contributed by atoms with Gasteiger partial charge in [-0.3, -0.25) is 0 Å². The van der Waals surface area contributed by atoms with Gasteiger partial charge in [-0.05, 0) is 62.5 Å². The van der Waals surface area contributed by atoms with Gasteiger partial charge in [-0.25, -0.2) is 0 Å². The Morgan fingerprint density at radius 3 is 1.82 bits per heavy atom. The predicted octanol–water partition coefficient (Wildman–Crippen LogP) is 9.07. The van der Waals surface area contributed by atoms with Crippen LogP contribution in [0.3, 0.4) is 0 Å². The summed E-state index contributed by atoms with van der Waals surface area (Å²) < 4.78 is 0. The van der Waals surface area contributed by atoms with Crippen LogP contribution in [-0.4, -0.2) is 0 Å². The van der Waals surface area contributed by atoms with Gasteiger partial charge in [0.25, 0.3) is 0 Å². The molecule has 0 radical (unpaired) electrons. The summed E-state index contributed by atoms with van der Waals surface area (Å²) in [5, 5.41) is 8.76. The summed E-state index contributed by atoms with van der Waals surface area (Å²) >= 11 is 0.